The molecule has 1 aliphatic rings. The molecule has 128 valence electrons. The van der Waals surface area contributed by atoms with Crippen LogP contribution in [0.1, 0.15) is 63.4 Å². The first-order chi connectivity index (χ1) is 11.8. The van der Waals surface area contributed by atoms with Crippen LogP contribution in [0, 0.1) is 0 Å². The predicted octanol–water partition coefficient (Wildman–Crippen LogP) is 7.34. The van der Waals surface area contributed by atoms with Gasteiger partial charge in [0.2, 0.25) is 0 Å². The molecule has 1 saturated carbocycles. The van der Waals surface area contributed by atoms with E-state index in [2.05, 4.69) is 65.3 Å². The molecule has 0 bridgehead atoms. The lowest BCUT2D eigenvalue weighted by atomic mass is 9.84. The Morgan fingerprint density at radius 3 is 2.33 bits per heavy atom. The largest absolute Gasteiger partial charge is 0.492 e. The van der Waals surface area contributed by atoms with Gasteiger partial charge >= 0.3 is 0 Å². The Labute approximate surface area is 154 Å². The molecule has 0 unspecified atom stereocenters. The molecule has 0 aromatic heterocycles. The smallest absolute Gasteiger partial charge is 0.133 e. The Morgan fingerprint density at radius 1 is 0.958 bits per heavy atom. The van der Waals surface area contributed by atoms with Crippen LogP contribution >= 0.6 is 15.9 Å². The molecule has 0 spiro atoms. The SMILES string of the molecule is CCCCOc1ccc(-c2ccc(C3CCCCC3)cc2)cc1Br. The molecular formula is C22H27BrO. The minimum atomic E-state index is 0.772. The van der Waals surface area contributed by atoms with Crippen molar-refractivity contribution in [1.82, 2.24) is 0 Å². The lowest BCUT2D eigenvalue weighted by Gasteiger charge is -2.22. The second-order valence-electron chi connectivity index (χ2n) is 6.80. The van der Waals surface area contributed by atoms with Gasteiger partial charge in [-0.1, -0.05) is 62.9 Å². The molecule has 2 aromatic carbocycles. The van der Waals surface area contributed by atoms with E-state index < -0.39 is 0 Å². The molecule has 0 radical (unpaired) electrons. The van der Waals surface area contributed by atoms with Crippen molar-refractivity contribution in [3.63, 3.8) is 0 Å². The van der Waals surface area contributed by atoms with E-state index >= 15 is 0 Å². The zero-order valence-electron chi connectivity index (χ0n) is 14.6. The number of benzene rings is 2. The zero-order valence-corrected chi connectivity index (χ0v) is 16.1. The molecule has 0 amide bonds. The molecule has 0 atom stereocenters. The standard InChI is InChI=1S/C22H27BrO/c1-2-3-15-24-22-14-13-20(16-21(22)23)19-11-9-18(10-12-19)17-7-5-4-6-8-17/h9-14,16-17H,2-8,15H2,1H3. The normalized spacial score (nSPS) is 15.4. The van der Waals surface area contributed by atoms with E-state index in [0.29, 0.717) is 0 Å². The van der Waals surface area contributed by atoms with Crippen LogP contribution in [-0.4, -0.2) is 6.61 Å². The second-order valence-corrected chi connectivity index (χ2v) is 7.66. The van der Waals surface area contributed by atoms with E-state index in [4.69, 9.17) is 4.74 Å². The highest BCUT2D eigenvalue weighted by Gasteiger charge is 2.15. The zero-order chi connectivity index (χ0) is 16.8. The first-order valence-corrected chi connectivity index (χ1v) is 10.1. The van der Waals surface area contributed by atoms with Crippen molar-refractivity contribution in [3.8, 4) is 16.9 Å². The first kappa shape index (κ1) is 17.5. The average Bonchev–Trinajstić information content (AvgIpc) is 2.64. The fourth-order valence-electron chi connectivity index (χ4n) is 3.51. The summed E-state index contributed by atoms with van der Waals surface area (Å²) in [7, 11) is 0. The molecule has 0 saturated heterocycles. The highest BCUT2D eigenvalue weighted by atomic mass is 79.9. The van der Waals surface area contributed by atoms with E-state index in [-0.39, 0.29) is 0 Å². The molecule has 2 heteroatoms. The van der Waals surface area contributed by atoms with Crippen molar-refractivity contribution in [2.45, 2.75) is 57.8 Å². The maximum atomic E-state index is 5.82. The molecular weight excluding hydrogens is 360 g/mol. The molecule has 24 heavy (non-hydrogen) atoms. The molecule has 0 aliphatic heterocycles. The summed E-state index contributed by atoms with van der Waals surface area (Å²) in [6, 6.07) is 15.6. The van der Waals surface area contributed by atoms with E-state index in [0.717, 1.165) is 35.6 Å². The topological polar surface area (TPSA) is 9.23 Å². The minimum absolute atomic E-state index is 0.772. The maximum absolute atomic E-state index is 5.82. The molecule has 0 heterocycles. The quantitative estimate of drug-likeness (QED) is 0.471. The van der Waals surface area contributed by atoms with Crippen LogP contribution in [0.25, 0.3) is 11.1 Å². The van der Waals surface area contributed by atoms with Gasteiger partial charge in [0.05, 0.1) is 11.1 Å². The van der Waals surface area contributed by atoms with E-state index in [1.807, 2.05) is 0 Å². The Balaban J connectivity index is 1.70. The summed E-state index contributed by atoms with van der Waals surface area (Å²) in [5.74, 6) is 1.71. The van der Waals surface area contributed by atoms with Gasteiger partial charge in [-0.3, -0.25) is 0 Å². The minimum Gasteiger partial charge on any atom is -0.492 e. The number of hydrogen-bond acceptors (Lipinski definition) is 1. The summed E-state index contributed by atoms with van der Waals surface area (Å²) in [5.41, 5.74) is 4.02. The third kappa shape index (κ3) is 4.42. The van der Waals surface area contributed by atoms with Gasteiger partial charge in [0.1, 0.15) is 5.75 Å². The molecule has 1 nitrogen and oxygen atoms in total. The van der Waals surface area contributed by atoms with Gasteiger partial charge in [0, 0.05) is 0 Å². The summed E-state index contributed by atoms with van der Waals surface area (Å²) in [5, 5.41) is 0. The van der Waals surface area contributed by atoms with E-state index in [9.17, 15) is 0 Å². The van der Waals surface area contributed by atoms with Gasteiger partial charge in [-0.15, -0.1) is 0 Å². The van der Waals surface area contributed by atoms with Crippen molar-refractivity contribution in [2.24, 2.45) is 0 Å². The number of rotatable bonds is 6. The van der Waals surface area contributed by atoms with Gasteiger partial charge in [-0.05, 0) is 69.9 Å². The highest BCUT2D eigenvalue weighted by molar-refractivity contribution is 9.10. The Kier molecular flexibility index (Phi) is 6.37. The Morgan fingerprint density at radius 2 is 1.67 bits per heavy atom. The summed E-state index contributed by atoms with van der Waals surface area (Å²) < 4.78 is 6.85. The second kappa shape index (κ2) is 8.71. The monoisotopic (exact) mass is 386 g/mol. The van der Waals surface area contributed by atoms with Gasteiger partial charge in [0.15, 0.2) is 0 Å². The van der Waals surface area contributed by atoms with Crippen LogP contribution in [0.4, 0.5) is 0 Å². The number of hydrogen-bond donors (Lipinski definition) is 0. The van der Waals surface area contributed by atoms with Crippen molar-refractivity contribution in [3.05, 3.63) is 52.5 Å². The summed E-state index contributed by atoms with van der Waals surface area (Å²) in [6.45, 7) is 2.96. The fourth-order valence-corrected chi connectivity index (χ4v) is 4.00. The van der Waals surface area contributed by atoms with Crippen molar-refractivity contribution >= 4 is 15.9 Å². The van der Waals surface area contributed by atoms with E-state index in [1.165, 1.54) is 48.8 Å². The average molecular weight is 387 g/mol. The number of halogens is 1. The molecule has 1 fully saturated rings. The lowest BCUT2D eigenvalue weighted by molar-refractivity contribution is 0.307. The van der Waals surface area contributed by atoms with Gasteiger partial charge in [0.25, 0.3) is 0 Å². The predicted molar refractivity (Wildman–Crippen MR) is 106 cm³/mol. The molecule has 3 rings (SSSR count). The Bertz CT molecular complexity index is 642. The van der Waals surface area contributed by atoms with Gasteiger partial charge in [-0.25, -0.2) is 0 Å². The summed E-state index contributed by atoms with van der Waals surface area (Å²) in [6.07, 6.45) is 9.15. The first-order valence-electron chi connectivity index (χ1n) is 9.30. The third-order valence-electron chi connectivity index (χ3n) is 5.01. The lowest BCUT2D eigenvalue weighted by Crippen LogP contribution is -2.04. The fraction of sp³-hybridized carbons (Fsp3) is 0.455. The van der Waals surface area contributed by atoms with E-state index in [1.54, 1.807) is 0 Å². The van der Waals surface area contributed by atoms with Crippen LogP contribution in [0.15, 0.2) is 46.9 Å². The molecule has 1 aliphatic carbocycles. The third-order valence-corrected chi connectivity index (χ3v) is 5.63. The van der Waals surface area contributed by atoms with Gasteiger partial charge < -0.3 is 4.74 Å². The van der Waals surface area contributed by atoms with Crippen molar-refractivity contribution in [1.29, 1.82) is 0 Å². The van der Waals surface area contributed by atoms with Crippen LogP contribution in [0.3, 0.4) is 0 Å². The Hall–Kier alpha value is -1.28. The van der Waals surface area contributed by atoms with Crippen molar-refractivity contribution in [2.75, 3.05) is 6.61 Å². The van der Waals surface area contributed by atoms with Crippen LogP contribution < -0.4 is 4.74 Å². The number of ether oxygens (including phenoxy) is 1. The van der Waals surface area contributed by atoms with Gasteiger partial charge in [-0.2, -0.15) is 0 Å². The summed E-state index contributed by atoms with van der Waals surface area (Å²) in [4.78, 5) is 0. The van der Waals surface area contributed by atoms with Crippen LogP contribution in [-0.2, 0) is 0 Å². The van der Waals surface area contributed by atoms with Crippen LogP contribution in [0.5, 0.6) is 5.75 Å². The highest BCUT2D eigenvalue weighted by Crippen LogP contribution is 2.35. The summed E-state index contributed by atoms with van der Waals surface area (Å²) >= 11 is 3.65. The van der Waals surface area contributed by atoms with Crippen molar-refractivity contribution < 1.29 is 4.74 Å². The number of unbranched alkanes of at least 4 members (excludes halogenated alkanes) is 1. The van der Waals surface area contributed by atoms with Crippen LogP contribution in [0.2, 0.25) is 0 Å². The molecule has 0 N–H and O–H groups in total. The molecule has 2 aromatic rings. The maximum Gasteiger partial charge on any atom is 0.133 e.